The average Bonchev–Trinajstić information content (AvgIpc) is 2.85. The first-order valence-electron chi connectivity index (χ1n) is 12.2. The van der Waals surface area contributed by atoms with E-state index in [2.05, 4.69) is 21.3 Å². The van der Waals surface area contributed by atoms with E-state index in [9.17, 15) is 29.4 Å². The molecule has 1 aromatic carbocycles. The Balaban J connectivity index is 2.41. The van der Waals surface area contributed by atoms with Gasteiger partial charge < -0.3 is 36.2 Å². The lowest BCUT2D eigenvalue weighted by molar-refractivity contribution is -0.131. The fourth-order valence-corrected chi connectivity index (χ4v) is 3.64. The molecule has 1 aromatic rings. The lowest BCUT2D eigenvalue weighted by Gasteiger charge is -2.27. The van der Waals surface area contributed by atoms with E-state index >= 15 is 0 Å². The minimum absolute atomic E-state index is 0.00760. The van der Waals surface area contributed by atoms with E-state index < -0.39 is 49.1 Å². The molecule has 1 heterocycles. The molecule has 6 N–H and O–H groups in total. The Labute approximate surface area is 211 Å². The molecule has 11 heteroatoms. The maximum atomic E-state index is 13.1. The van der Waals surface area contributed by atoms with Gasteiger partial charge in [-0.1, -0.05) is 39.8 Å². The largest absolute Gasteiger partial charge is 0.491 e. The third-order valence-corrected chi connectivity index (χ3v) is 6.02. The Bertz CT molecular complexity index is 917. The summed E-state index contributed by atoms with van der Waals surface area (Å²) < 4.78 is 5.94. The van der Waals surface area contributed by atoms with Crippen LogP contribution in [0.5, 0.6) is 5.75 Å². The first-order valence-corrected chi connectivity index (χ1v) is 12.2. The molecule has 1 aliphatic heterocycles. The van der Waals surface area contributed by atoms with Crippen LogP contribution in [-0.2, 0) is 14.4 Å². The number of aliphatic hydroxyl groups is 2. The number of fused-ring (bicyclic) bond motifs is 1. The molecule has 0 fully saturated rings. The van der Waals surface area contributed by atoms with Gasteiger partial charge in [-0.2, -0.15) is 0 Å². The lowest BCUT2D eigenvalue weighted by atomic mass is 10.00. The molecule has 0 bridgehead atoms. The third kappa shape index (κ3) is 8.20. The van der Waals surface area contributed by atoms with E-state index in [1.54, 1.807) is 24.3 Å². The van der Waals surface area contributed by atoms with Crippen molar-refractivity contribution in [3.63, 3.8) is 0 Å². The molecule has 3 atom stereocenters. The first-order chi connectivity index (χ1) is 17.1. The predicted octanol–water partition coefficient (Wildman–Crippen LogP) is -0.291. The van der Waals surface area contributed by atoms with Crippen LogP contribution in [0.25, 0.3) is 0 Å². The Hall–Kier alpha value is -3.18. The molecule has 0 radical (unpaired) electrons. The molecular weight excluding hydrogens is 468 g/mol. The fourth-order valence-electron chi connectivity index (χ4n) is 3.64. The zero-order valence-corrected chi connectivity index (χ0v) is 21.2. The molecular formula is C25H38N4O7. The van der Waals surface area contributed by atoms with E-state index in [4.69, 9.17) is 4.74 Å². The molecule has 0 saturated heterocycles. The van der Waals surface area contributed by atoms with Gasteiger partial charge in [-0.25, -0.2) is 0 Å². The van der Waals surface area contributed by atoms with Crippen LogP contribution in [0, 0.1) is 11.8 Å². The van der Waals surface area contributed by atoms with Gasteiger partial charge in [0.1, 0.15) is 24.4 Å². The molecule has 1 aliphatic rings. The van der Waals surface area contributed by atoms with Gasteiger partial charge in [0.05, 0.1) is 30.9 Å². The molecule has 200 valence electrons. The second-order valence-corrected chi connectivity index (χ2v) is 9.59. The highest BCUT2D eigenvalue weighted by atomic mass is 16.5. The van der Waals surface area contributed by atoms with Crippen LogP contribution in [0.2, 0.25) is 0 Å². The molecule has 0 saturated carbocycles. The van der Waals surface area contributed by atoms with Gasteiger partial charge in [0, 0.05) is 6.42 Å². The van der Waals surface area contributed by atoms with Crippen molar-refractivity contribution in [2.45, 2.75) is 64.7 Å². The van der Waals surface area contributed by atoms with Gasteiger partial charge in [0.25, 0.3) is 5.91 Å². The highest BCUT2D eigenvalue weighted by Gasteiger charge is 2.30. The number of carbonyl (C=O) groups excluding carboxylic acids is 4. The number of hydrogen-bond donors (Lipinski definition) is 6. The van der Waals surface area contributed by atoms with Crippen molar-refractivity contribution in [1.82, 2.24) is 21.3 Å². The third-order valence-electron chi connectivity index (χ3n) is 6.02. The first kappa shape index (κ1) is 29.1. The summed E-state index contributed by atoms with van der Waals surface area (Å²) in [4.78, 5) is 51.8. The van der Waals surface area contributed by atoms with Gasteiger partial charge in [0.15, 0.2) is 0 Å². The molecule has 0 spiro atoms. The van der Waals surface area contributed by atoms with Crippen LogP contribution >= 0.6 is 0 Å². The van der Waals surface area contributed by atoms with Crippen LogP contribution in [-0.4, -0.2) is 77.8 Å². The van der Waals surface area contributed by atoms with Gasteiger partial charge in [0.2, 0.25) is 17.7 Å². The van der Waals surface area contributed by atoms with Gasteiger partial charge in [-0.15, -0.1) is 0 Å². The Kier molecular flexibility index (Phi) is 11.1. The van der Waals surface area contributed by atoms with Crippen molar-refractivity contribution in [3.05, 3.63) is 29.8 Å². The predicted molar refractivity (Wildman–Crippen MR) is 132 cm³/mol. The summed E-state index contributed by atoms with van der Waals surface area (Å²) in [6, 6.07) is 3.28. The molecule has 11 nitrogen and oxygen atoms in total. The maximum absolute atomic E-state index is 13.1. The number of aliphatic hydroxyl groups excluding tert-OH is 2. The minimum Gasteiger partial charge on any atom is -0.491 e. The van der Waals surface area contributed by atoms with E-state index in [0.29, 0.717) is 0 Å². The van der Waals surface area contributed by atoms with Crippen LogP contribution in [0.1, 0.15) is 50.9 Å². The van der Waals surface area contributed by atoms with Crippen molar-refractivity contribution in [2.24, 2.45) is 11.8 Å². The van der Waals surface area contributed by atoms with Gasteiger partial charge in [-0.05, 0) is 30.4 Å². The summed E-state index contributed by atoms with van der Waals surface area (Å²) in [5.41, 5.74) is 0.185. The van der Waals surface area contributed by atoms with E-state index in [1.807, 2.05) is 27.7 Å². The number of amides is 4. The summed E-state index contributed by atoms with van der Waals surface area (Å²) >= 11 is 0. The van der Waals surface area contributed by atoms with Gasteiger partial charge in [-0.3, -0.25) is 19.2 Å². The van der Waals surface area contributed by atoms with Gasteiger partial charge >= 0.3 is 0 Å². The fraction of sp³-hybridized carbons (Fsp3) is 0.600. The number of para-hydroxylation sites is 1. The summed E-state index contributed by atoms with van der Waals surface area (Å²) in [7, 11) is 0. The van der Waals surface area contributed by atoms with Crippen LogP contribution in [0.4, 0.5) is 0 Å². The second kappa shape index (κ2) is 13.8. The Morgan fingerprint density at radius 3 is 2.31 bits per heavy atom. The van der Waals surface area contributed by atoms with Crippen LogP contribution in [0.3, 0.4) is 0 Å². The SMILES string of the molecule is CC(C)[C@H]1COc2ccccc2C(=O)N[C@H](C(=O)NC(CO)CO)CCC(=O)N[C@H](C(C)C)C(=O)N1. The molecule has 4 amide bonds. The summed E-state index contributed by atoms with van der Waals surface area (Å²) in [5.74, 6) is -1.96. The highest BCUT2D eigenvalue weighted by molar-refractivity contribution is 6.00. The topological polar surface area (TPSA) is 166 Å². The molecule has 2 rings (SSSR count). The Morgan fingerprint density at radius 2 is 1.69 bits per heavy atom. The normalized spacial score (nSPS) is 22.0. The summed E-state index contributed by atoms with van der Waals surface area (Å²) in [5, 5.41) is 29.4. The van der Waals surface area contributed by atoms with Crippen molar-refractivity contribution >= 4 is 23.6 Å². The van der Waals surface area contributed by atoms with Crippen LogP contribution < -0.4 is 26.0 Å². The van der Waals surface area contributed by atoms with Crippen molar-refractivity contribution in [2.75, 3.05) is 19.8 Å². The zero-order valence-electron chi connectivity index (χ0n) is 21.2. The zero-order chi connectivity index (χ0) is 26.8. The van der Waals surface area contributed by atoms with Crippen molar-refractivity contribution in [3.8, 4) is 5.75 Å². The number of benzene rings is 1. The number of carbonyl (C=O) groups is 4. The second-order valence-electron chi connectivity index (χ2n) is 9.59. The number of rotatable bonds is 6. The minimum atomic E-state index is -1.14. The maximum Gasteiger partial charge on any atom is 0.255 e. The van der Waals surface area contributed by atoms with Crippen molar-refractivity contribution < 1.29 is 34.1 Å². The lowest BCUT2D eigenvalue weighted by Crippen LogP contribution is -2.54. The monoisotopic (exact) mass is 506 g/mol. The smallest absolute Gasteiger partial charge is 0.255 e. The molecule has 0 unspecified atom stereocenters. The number of nitrogens with one attached hydrogen (secondary N) is 4. The van der Waals surface area contributed by atoms with E-state index in [1.165, 1.54) is 0 Å². The standard InChI is InChI=1S/C25H38N4O7/c1-14(2)19-13-36-20-8-6-5-7-17(20)23(33)27-18(24(34)26-16(11-30)12-31)9-10-21(32)29-22(15(3)4)25(35)28-19/h5-8,14-16,18-19,22,30-31H,9-13H2,1-4H3,(H,26,34)(H,27,33)(H,28,35)(H,29,32)/t18-,19+,22+/m0/s1. The van der Waals surface area contributed by atoms with Crippen LogP contribution in [0.15, 0.2) is 24.3 Å². The average molecular weight is 507 g/mol. The summed E-state index contributed by atoms with van der Waals surface area (Å²) in [6.07, 6.45) is -0.222. The highest BCUT2D eigenvalue weighted by Crippen LogP contribution is 2.20. The number of hydrogen-bond acceptors (Lipinski definition) is 7. The van der Waals surface area contributed by atoms with E-state index in [-0.39, 0.29) is 54.5 Å². The number of ether oxygens (including phenoxy) is 1. The quantitative estimate of drug-likeness (QED) is 0.308. The molecule has 0 aromatic heterocycles. The molecule has 0 aliphatic carbocycles. The van der Waals surface area contributed by atoms with Crippen molar-refractivity contribution in [1.29, 1.82) is 0 Å². The Morgan fingerprint density at radius 1 is 1.03 bits per heavy atom. The van der Waals surface area contributed by atoms with E-state index in [0.717, 1.165) is 0 Å². The molecule has 36 heavy (non-hydrogen) atoms. The summed E-state index contributed by atoms with van der Waals surface area (Å²) in [6.45, 7) is 6.58.